The number of hydrogen-bond acceptors (Lipinski definition) is 2. The summed E-state index contributed by atoms with van der Waals surface area (Å²) in [5, 5.41) is 0. The van der Waals surface area contributed by atoms with E-state index in [0.29, 0.717) is 0 Å². The number of methoxy groups -OCH3 is 1. The van der Waals surface area contributed by atoms with Gasteiger partial charge in [0.05, 0.1) is 11.9 Å². The molecule has 2 rings (SSSR count). The van der Waals surface area contributed by atoms with E-state index in [2.05, 4.69) is 15.9 Å². The van der Waals surface area contributed by atoms with E-state index in [-0.39, 0.29) is 10.6 Å². The van der Waals surface area contributed by atoms with Crippen LogP contribution in [0.2, 0.25) is 0 Å². The summed E-state index contributed by atoms with van der Waals surface area (Å²) in [5.41, 5.74) is 1.90. The summed E-state index contributed by atoms with van der Waals surface area (Å²) >= 11 is 3.34. The molecule has 0 amide bonds. The Morgan fingerprint density at radius 1 is 1.54 bits per heavy atom. The van der Waals surface area contributed by atoms with Gasteiger partial charge in [-0.05, 0) is 30.2 Å². The van der Waals surface area contributed by atoms with Crippen LogP contribution in [0.3, 0.4) is 0 Å². The predicted octanol–water partition coefficient (Wildman–Crippen LogP) is 2.20. The smallest absolute Gasteiger partial charge is 0.177 e. The lowest BCUT2D eigenvalue weighted by Gasteiger charge is -2.01. The molecule has 0 saturated heterocycles. The van der Waals surface area contributed by atoms with Crippen molar-refractivity contribution >= 4 is 21.7 Å². The first-order valence-electron chi connectivity index (χ1n) is 4.07. The molecule has 1 aromatic carbocycles. The molecular formula is C10H9BrO2. The Balaban J connectivity index is 2.46. The number of halogens is 1. The minimum atomic E-state index is -0.0467. The standard InChI is InChI=1S/C10H9BrO2/c1-13-7-2-3-8-6(4-7)5-9(11)10(8)12/h2-4,9H,5H2,1H3. The van der Waals surface area contributed by atoms with Gasteiger partial charge in [-0.1, -0.05) is 15.9 Å². The van der Waals surface area contributed by atoms with Gasteiger partial charge in [-0.3, -0.25) is 4.79 Å². The van der Waals surface area contributed by atoms with E-state index in [9.17, 15) is 4.79 Å². The van der Waals surface area contributed by atoms with E-state index in [1.807, 2.05) is 18.2 Å². The molecule has 3 heteroatoms. The van der Waals surface area contributed by atoms with Gasteiger partial charge in [-0.2, -0.15) is 0 Å². The number of rotatable bonds is 1. The first-order valence-corrected chi connectivity index (χ1v) is 4.99. The summed E-state index contributed by atoms with van der Waals surface area (Å²) in [7, 11) is 1.63. The second kappa shape index (κ2) is 3.14. The van der Waals surface area contributed by atoms with Crippen LogP contribution in [0, 0.1) is 0 Å². The van der Waals surface area contributed by atoms with Gasteiger partial charge < -0.3 is 4.74 Å². The molecule has 1 unspecified atom stereocenters. The largest absolute Gasteiger partial charge is 0.497 e. The monoisotopic (exact) mass is 240 g/mol. The van der Waals surface area contributed by atoms with Crippen LogP contribution >= 0.6 is 15.9 Å². The summed E-state index contributed by atoms with van der Waals surface area (Å²) in [6.45, 7) is 0. The van der Waals surface area contributed by atoms with Crippen LogP contribution < -0.4 is 4.74 Å². The Morgan fingerprint density at radius 3 is 3.00 bits per heavy atom. The third-order valence-corrected chi connectivity index (χ3v) is 3.00. The van der Waals surface area contributed by atoms with Crippen LogP contribution in [0.1, 0.15) is 15.9 Å². The molecule has 0 radical (unpaired) electrons. The number of ether oxygens (including phenoxy) is 1. The van der Waals surface area contributed by atoms with Crippen LogP contribution in [-0.4, -0.2) is 17.7 Å². The Morgan fingerprint density at radius 2 is 2.31 bits per heavy atom. The van der Waals surface area contributed by atoms with E-state index in [4.69, 9.17) is 4.74 Å². The number of Topliss-reactive ketones (excluding diaryl/α,β-unsaturated/α-hetero) is 1. The molecule has 0 spiro atoms. The molecule has 0 saturated carbocycles. The average Bonchev–Trinajstić information content (AvgIpc) is 2.42. The maximum Gasteiger partial charge on any atom is 0.177 e. The van der Waals surface area contributed by atoms with E-state index in [1.165, 1.54) is 0 Å². The summed E-state index contributed by atoms with van der Waals surface area (Å²) < 4.78 is 5.08. The number of ketones is 1. The van der Waals surface area contributed by atoms with Crippen molar-refractivity contribution in [2.75, 3.05) is 7.11 Å². The summed E-state index contributed by atoms with van der Waals surface area (Å²) in [6.07, 6.45) is 0.769. The lowest BCUT2D eigenvalue weighted by atomic mass is 10.1. The third-order valence-electron chi connectivity index (χ3n) is 2.26. The Bertz CT molecular complexity index is 360. The van der Waals surface area contributed by atoms with Gasteiger partial charge in [0.15, 0.2) is 5.78 Å². The number of hydrogen-bond donors (Lipinski definition) is 0. The van der Waals surface area contributed by atoms with Gasteiger partial charge in [0, 0.05) is 5.56 Å². The average molecular weight is 241 g/mol. The van der Waals surface area contributed by atoms with Crippen LogP contribution in [-0.2, 0) is 6.42 Å². The lowest BCUT2D eigenvalue weighted by Crippen LogP contribution is -2.05. The van der Waals surface area contributed by atoms with E-state index >= 15 is 0 Å². The number of carbonyl (C=O) groups is 1. The zero-order valence-corrected chi connectivity index (χ0v) is 8.80. The highest BCUT2D eigenvalue weighted by atomic mass is 79.9. The van der Waals surface area contributed by atoms with Crippen molar-refractivity contribution in [2.24, 2.45) is 0 Å². The summed E-state index contributed by atoms with van der Waals surface area (Å²) in [5.74, 6) is 0.991. The van der Waals surface area contributed by atoms with Crippen LogP contribution in [0.25, 0.3) is 0 Å². The molecule has 1 aliphatic carbocycles. The van der Waals surface area contributed by atoms with E-state index < -0.39 is 0 Å². The molecule has 13 heavy (non-hydrogen) atoms. The molecule has 1 aromatic rings. The van der Waals surface area contributed by atoms with Crippen LogP contribution in [0.15, 0.2) is 18.2 Å². The minimum Gasteiger partial charge on any atom is -0.497 e. The molecule has 0 bridgehead atoms. The quantitative estimate of drug-likeness (QED) is 0.704. The lowest BCUT2D eigenvalue weighted by molar-refractivity contribution is 0.100. The van der Waals surface area contributed by atoms with Crippen molar-refractivity contribution in [3.05, 3.63) is 29.3 Å². The second-order valence-electron chi connectivity index (χ2n) is 3.06. The van der Waals surface area contributed by atoms with Crippen molar-refractivity contribution in [2.45, 2.75) is 11.2 Å². The van der Waals surface area contributed by atoms with Crippen molar-refractivity contribution in [3.63, 3.8) is 0 Å². The first-order chi connectivity index (χ1) is 6.22. The number of alkyl halides is 1. The fourth-order valence-electron chi connectivity index (χ4n) is 1.56. The highest BCUT2D eigenvalue weighted by Gasteiger charge is 2.28. The highest BCUT2D eigenvalue weighted by molar-refractivity contribution is 9.10. The maximum atomic E-state index is 11.5. The Kier molecular flexibility index (Phi) is 2.12. The first kappa shape index (κ1) is 8.75. The fraction of sp³-hybridized carbons (Fsp3) is 0.300. The number of benzene rings is 1. The number of fused-ring (bicyclic) bond motifs is 1. The van der Waals surface area contributed by atoms with Gasteiger partial charge in [-0.25, -0.2) is 0 Å². The van der Waals surface area contributed by atoms with Crippen molar-refractivity contribution in [3.8, 4) is 5.75 Å². The molecule has 2 nitrogen and oxygen atoms in total. The molecule has 68 valence electrons. The van der Waals surface area contributed by atoms with Gasteiger partial charge in [0.25, 0.3) is 0 Å². The van der Waals surface area contributed by atoms with Gasteiger partial charge >= 0.3 is 0 Å². The topological polar surface area (TPSA) is 26.3 Å². The van der Waals surface area contributed by atoms with Gasteiger partial charge in [0.2, 0.25) is 0 Å². The van der Waals surface area contributed by atoms with Crippen LogP contribution in [0.5, 0.6) is 5.75 Å². The van der Waals surface area contributed by atoms with E-state index in [1.54, 1.807) is 7.11 Å². The normalized spacial score (nSPS) is 20.2. The maximum absolute atomic E-state index is 11.5. The molecule has 0 aliphatic heterocycles. The van der Waals surface area contributed by atoms with Crippen molar-refractivity contribution in [1.29, 1.82) is 0 Å². The van der Waals surface area contributed by atoms with Gasteiger partial charge in [-0.15, -0.1) is 0 Å². The zero-order chi connectivity index (χ0) is 9.42. The second-order valence-corrected chi connectivity index (χ2v) is 4.16. The molecule has 0 N–H and O–H groups in total. The molecule has 1 aliphatic rings. The summed E-state index contributed by atoms with van der Waals surface area (Å²) in [4.78, 5) is 11.5. The highest BCUT2D eigenvalue weighted by Crippen LogP contribution is 2.29. The van der Waals surface area contributed by atoms with Crippen molar-refractivity contribution in [1.82, 2.24) is 0 Å². The Hall–Kier alpha value is -0.830. The van der Waals surface area contributed by atoms with Gasteiger partial charge in [0.1, 0.15) is 5.75 Å². The molecular weight excluding hydrogens is 232 g/mol. The SMILES string of the molecule is COc1ccc2c(c1)CC(Br)C2=O. The molecule has 0 heterocycles. The molecule has 0 aromatic heterocycles. The van der Waals surface area contributed by atoms with Crippen molar-refractivity contribution < 1.29 is 9.53 Å². The summed E-state index contributed by atoms with van der Waals surface area (Å²) in [6, 6.07) is 5.58. The fourth-order valence-corrected chi connectivity index (χ4v) is 2.16. The van der Waals surface area contributed by atoms with E-state index in [0.717, 1.165) is 23.3 Å². The molecule has 1 atom stereocenters. The Labute approximate surface area is 85.0 Å². The minimum absolute atomic E-state index is 0.0467. The number of carbonyl (C=O) groups excluding carboxylic acids is 1. The molecule has 0 fully saturated rings. The predicted molar refractivity (Wildman–Crippen MR) is 53.7 cm³/mol. The van der Waals surface area contributed by atoms with Crippen LogP contribution in [0.4, 0.5) is 0 Å². The third kappa shape index (κ3) is 1.37. The zero-order valence-electron chi connectivity index (χ0n) is 7.21.